The van der Waals surface area contributed by atoms with Crippen molar-refractivity contribution in [1.29, 1.82) is 0 Å². The maximum Gasteiger partial charge on any atom is 0.255 e. The van der Waals surface area contributed by atoms with Gasteiger partial charge in [0.05, 0.1) is 12.1 Å². The van der Waals surface area contributed by atoms with Gasteiger partial charge in [-0.25, -0.2) is 0 Å². The van der Waals surface area contributed by atoms with E-state index in [1.807, 2.05) is 0 Å². The summed E-state index contributed by atoms with van der Waals surface area (Å²) in [6.45, 7) is 0.801. The highest BCUT2D eigenvalue weighted by Crippen LogP contribution is 2.36. The highest BCUT2D eigenvalue weighted by atomic mass is 35.5. The number of amides is 2. The van der Waals surface area contributed by atoms with Crippen LogP contribution in [-0.4, -0.2) is 45.7 Å². The highest BCUT2D eigenvalue weighted by Gasteiger charge is 2.16. The van der Waals surface area contributed by atoms with Gasteiger partial charge < -0.3 is 25.8 Å². The molecule has 1 aromatic carbocycles. The molecule has 0 spiro atoms. The normalized spacial score (nSPS) is 9.59. The fourth-order valence-electron chi connectivity index (χ4n) is 1.54. The predicted molar refractivity (Wildman–Crippen MR) is 86.2 cm³/mol. The molecule has 0 aliphatic rings. The Bertz CT molecular complexity index is 526. The van der Waals surface area contributed by atoms with Crippen LogP contribution in [0.3, 0.4) is 0 Å². The quantitative estimate of drug-likeness (QED) is 0.594. The van der Waals surface area contributed by atoms with Gasteiger partial charge in [-0.2, -0.15) is 0 Å². The SMILES string of the molecule is CNCCNC(=O)c1cc(Cl)c(OCC(N)=O)c(OC)c1.Cl. The molecule has 2 amide bonds. The molecule has 0 aliphatic carbocycles. The van der Waals surface area contributed by atoms with E-state index in [4.69, 9.17) is 26.8 Å². The number of hydrogen-bond donors (Lipinski definition) is 3. The molecular weight excluding hydrogens is 333 g/mol. The maximum absolute atomic E-state index is 11.9. The molecule has 124 valence electrons. The first-order chi connectivity index (χ1) is 9.99. The second-order valence-electron chi connectivity index (χ2n) is 4.10. The first kappa shape index (κ1) is 20.3. The summed E-state index contributed by atoms with van der Waals surface area (Å²) in [7, 11) is 3.20. The number of nitrogens with one attached hydrogen (secondary N) is 2. The van der Waals surface area contributed by atoms with Gasteiger partial charge in [-0.1, -0.05) is 11.6 Å². The summed E-state index contributed by atoms with van der Waals surface area (Å²) in [5, 5.41) is 5.79. The standard InChI is InChI=1S/C13H18ClN3O4.ClH/c1-16-3-4-17-13(19)8-5-9(14)12(10(6-8)20-2)21-7-11(15)18;/h5-6,16H,3-4,7H2,1-2H3,(H2,15,18)(H,17,19);1H. The van der Waals surface area contributed by atoms with Crippen LogP contribution in [0.2, 0.25) is 5.02 Å². The Morgan fingerprint density at radius 3 is 2.55 bits per heavy atom. The van der Waals surface area contributed by atoms with E-state index in [2.05, 4.69) is 10.6 Å². The monoisotopic (exact) mass is 351 g/mol. The summed E-state index contributed by atoms with van der Waals surface area (Å²) in [5.74, 6) is -0.499. The number of methoxy groups -OCH3 is 1. The molecule has 22 heavy (non-hydrogen) atoms. The second-order valence-corrected chi connectivity index (χ2v) is 4.51. The average Bonchev–Trinajstić information content (AvgIpc) is 2.45. The minimum atomic E-state index is -0.637. The fraction of sp³-hybridized carbons (Fsp3) is 0.385. The van der Waals surface area contributed by atoms with Crippen LogP contribution in [0.1, 0.15) is 10.4 Å². The van der Waals surface area contributed by atoms with Crippen LogP contribution in [0.25, 0.3) is 0 Å². The molecule has 9 heteroatoms. The molecule has 0 aliphatic heterocycles. The molecule has 0 saturated carbocycles. The number of benzene rings is 1. The molecule has 0 heterocycles. The number of halogens is 2. The lowest BCUT2D eigenvalue weighted by Gasteiger charge is -2.13. The van der Waals surface area contributed by atoms with E-state index in [1.54, 1.807) is 7.05 Å². The van der Waals surface area contributed by atoms with Crippen molar-refractivity contribution in [3.63, 3.8) is 0 Å². The predicted octanol–water partition coefficient (Wildman–Crippen LogP) is 0.584. The molecule has 1 rings (SSSR count). The molecule has 0 unspecified atom stereocenters. The summed E-state index contributed by atoms with van der Waals surface area (Å²) in [6, 6.07) is 2.92. The maximum atomic E-state index is 11.9. The van der Waals surface area contributed by atoms with Crippen molar-refractivity contribution in [3.05, 3.63) is 22.7 Å². The van der Waals surface area contributed by atoms with Gasteiger partial charge in [0.15, 0.2) is 18.1 Å². The lowest BCUT2D eigenvalue weighted by atomic mass is 10.2. The van der Waals surface area contributed by atoms with Crippen molar-refractivity contribution in [1.82, 2.24) is 10.6 Å². The first-order valence-corrected chi connectivity index (χ1v) is 6.58. The third-order valence-electron chi connectivity index (χ3n) is 2.51. The zero-order valence-electron chi connectivity index (χ0n) is 12.3. The number of rotatable bonds is 8. The van der Waals surface area contributed by atoms with Crippen LogP contribution < -0.4 is 25.8 Å². The number of ether oxygens (including phenoxy) is 2. The van der Waals surface area contributed by atoms with Gasteiger partial charge in [-0.3, -0.25) is 9.59 Å². The van der Waals surface area contributed by atoms with Gasteiger partial charge in [0.2, 0.25) is 0 Å². The molecule has 0 radical (unpaired) electrons. The van der Waals surface area contributed by atoms with E-state index in [1.165, 1.54) is 19.2 Å². The van der Waals surface area contributed by atoms with Crippen molar-refractivity contribution in [2.45, 2.75) is 0 Å². The zero-order chi connectivity index (χ0) is 15.8. The third-order valence-corrected chi connectivity index (χ3v) is 2.79. The molecular formula is C13H19Cl2N3O4. The molecule has 0 bridgehead atoms. The molecule has 1 aromatic rings. The molecule has 0 aromatic heterocycles. The Morgan fingerprint density at radius 2 is 2.00 bits per heavy atom. The van der Waals surface area contributed by atoms with Gasteiger partial charge in [0, 0.05) is 18.7 Å². The summed E-state index contributed by atoms with van der Waals surface area (Å²) >= 11 is 6.05. The lowest BCUT2D eigenvalue weighted by Crippen LogP contribution is -2.30. The number of hydrogen-bond acceptors (Lipinski definition) is 5. The van der Waals surface area contributed by atoms with Gasteiger partial charge in [-0.15, -0.1) is 12.4 Å². The largest absolute Gasteiger partial charge is 0.493 e. The molecule has 0 fully saturated rings. The summed E-state index contributed by atoms with van der Waals surface area (Å²) < 4.78 is 10.3. The van der Waals surface area contributed by atoms with Gasteiger partial charge >= 0.3 is 0 Å². The fourth-order valence-corrected chi connectivity index (χ4v) is 1.80. The number of carbonyl (C=O) groups excluding carboxylic acids is 2. The molecule has 0 atom stereocenters. The number of nitrogens with two attached hydrogens (primary N) is 1. The van der Waals surface area contributed by atoms with Crippen LogP contribution in [-0.2, 0) is 4.79 Å². The number of carbonyl (C=O) groups is 2. The van der Waals surface area contributed by atoms with Crippen LogP contribution in [0.4, 0.5) is 0 Å². The van der Waals surface area contributed by atoms with Crippen molar-refractivity contribution in [3.8, 4) is 11.5 Å². The van der Waals surface area contributed by atoms with E-state index in [-0.39, 0.29) is 41.4 Å². The van der Waals surface area contributed by atoms with Gasteiger partial charge in [0.25, 0.3) is 11.8 Å². The topological polar surface area (TPSA) is 103 Å². The average molecular weight is 352 g/mol. The summed E-state index contributed by atoms with van der Waals surface area (Å²) in [6.07, 6.45) is 0. The minimum Gasteiger partial charge on any atom is -0.493 e. The number of likely N-dealkylation sites (N-methyl/N-ethyl adjacent to an activating group) is 1. The Hall–Kier alpha value is -1.70. The van der Waals surface area contributed by atoms with Crippen LogP contribution in [0.5, 0.6) is 11.5 Å². The lowest BCUT2D eigenvalue weighted by molar-refractivity contribution is -0.119. The summed E-state index contributed by atoms with van der Waals surface area (Å²) in [4.78, 5) is 22.7. The van der Waals surface area contributed by atoms with Crippen LogP contribution >= 0.6 is 24.0 Å². The van der Waals surface area contributed by atoms with Crippen LogP contribution in [0.15, 0.2) is 12.1 Å². The molecule has 4 N–H and O–H groups in total. The number of primary amides is 1. The smallest absolute Gasteiger partial charge is 0.255 e. The van der Waals surface area contributed by atoms with Crippen molar-refractivity contribution < 1.29 is 19.1 Å². The van der Waals surface area contributed by atoms with E-state index in [0.717, 1.165) is 0 Å². The highest BCUT2D eigenvalue weighted by molar-refractivity contribution is 6.32. The Kier molecular flexibility index (Phi) is 9.32. The van der Waals surface area contributed by atoms with E-state index < -0.39 is 5.91 Å². The minimum absolute atomic E-state index is 0. The van der Waals surface area contributed by atoms with E-state index >= 15 is 0 Å². The first-order valence-electron chi connectivity index (χ1n) is 6.21. The Balaban J connectivity index is 0.00000441. The Morgan fingerprint density at radius 1 is 1.32 bits per heavy atom. The van der Waals surface area contributed by atoms with E-state index in [9.17, 15) is 9.59 Å². The summed E-state index contributed by atoms with van der Waals surface area (Å²) in [5.41, 5.74) is 5.34. The van der Waals surface area contributed by atoms with Crippen molar-refractivity contribution >= 4 is 35.8 Å². The zero-order valence-corrected chi connectivity index (χ0v) is 13.8. The van der Waals surface area contributed by atoms with Gasteiger partial charge in [0.1, 0.15) is 0 Å². The van der Waals surface area contributed by atoms with Crippen LogP contribution in [0, 0.1) is 0 Å². The molecule has 7 nitrogen and oxygen atoms in total. The van der Waals surface area contributed by atoms with Gasteiger partial charge in [-0.05, 0) is 19.2 Å². The van der Waals surface area contributed by atoms with E-state index in [0.29, 0.717) is 18.7 Å². The molecule has 0 saturated heterocycles. The Labute approximate surface area is 139 Å². The third kappa shape index (κ3) is 5.97. The second kappa shape index (κ2) is 10.1. The van der Waals surface area contributed by atoms with Crippen molar-refractivity contribution in [2.24, 2.45) is 5.73 Å². The van der Waals surface area contributed by atoms with Crippen molar-refractivity contribution in [2.75, 3.05) is 33.9 Å².